The fourth-order valence-electron chi connectivity index (χ4n) is 2.58. The maximum atomic E-state index is 4.59. The van der Waals surface area contributed by atoms with Crippen molar-refractivity contribution in [2.45, 2.75) is 44.0 Å². The van der Waals surface area contributed by atoms with Gasteiger partial charge in [-0.3, -0.25) is 4.68 Å². The van der Waals surface area contributed by atoms with E-state index in [1.165, 1.54) is 49.3 Å². The SMILES string of the molecule is Cc1nn(C)c(N(CC2CC2)C2CC2)c1CBr. The van der Waals surface area contributed by atoms with Crippen LogP contribution in [0.5, 0.6) is 0 Å². The lowest BCUT2D eigenvalue weighted by molar-refractivity contribution is 0.661. The number of nitrogens with zero attached hydrogens (tertiary/aromatic N) is 3. The zero-order chi connectivity index (χ0) is 12.0. The molecule has 2 fully saturated rings. The van der Waals surface area contributed by atoms with Gasteiger partial charge in [0.2, 0.25) is 0 Å². The van der Waals surface area contributed by atoms with Crippen molar-refractivity contribution in [2.75, 3.05) is 11.4 Å². The Balaban J connectivity index is 1.92. The summed E-state index contributed by atoms with van der Waals surface area (Å²) in [6.07, 6.45) is 5.56. The van der Waals surface area contributed by atoms with Gasteiger partial charge in [-0.05, 0) is 38.5 Å². The molecule has 1 aromatic rings. The minimum atomic E-state index is 0.781. The molecule has 4 heteroatoms. The monoisotopic (exact) mass is 297 g/mol. The number of anilines is 1. The normalized spacial score (nSPS) is 19.7. The van der Waals surface area contributed by atoms with Crippen LogP contribution in [0.3, 0.4) is 0 Å². The van der Waals surface area contributed by atoms with Gasteiger partial charge in [-0.15, -0.1) is 0 Å². The minimum absolute atomic E-state index is 0.781. The Kier molecular flexibility index (Phi) is 2.93. The van der Waals surface area contributed by atoms with Crippen molar-refractivity contribution in [3.8, 4) is 0 Å². The number of alkyl halides is 1. The summed E-state index contributed by atoms with van der Waals surface area (Å²) in [5, 5.41) is 5.50. The average molecular weight is 298 g/mol. The van der Waals surface area contributed by atoms with Gasteiger partial charge >= 0.3 is 0 Å². The molecule has 0 amide bonds. The van der Waals surface area contributed by atoms with Crippen molar-refractivity contribution >= 4 is 21.7 Å². The molecule has 0 atom stereocenters. The molecule has 2 aliphatic carbocycles. The number of aromatic nitrogens is 2. The summed E-state index contributed by atoms with van der Waals surface area (Å²) in [6, 6.07) is 0.781. The molecule has 1 aromatic heterocycles. The van der Waals surface area contributed by atoms with E-state index >= 15 is 0 Å². The van der Waals surface area contributed by atoms with E-state index in [-0.39, 0.29) is 0 Å². The zero-order valence-electron chi connectivity index (χ0n) is 10.6. The van der Waals surface area contributed by atoms with E-state index in [0.29, 0.717) is 0 Å². The number of hydrogen-bond donors (Lipinski definition) is 0. The van der Waals surface area contributed by atoms with E-state index < -0.39 is 0 Å². The van der Waals surface area contributed by atoms with Gasteiger partial charge in [-0.2, -0.15) is 5.10 Å². The summed E-state index contributed by atoms with van der Waals surface area (Å²) in [5.41, 5.74) is 2.54. The first kappa shape index (κ1) is 11.6. The third kappa shape index (κ3) is 2.24. The smallest absolute Gasteiger partial charge is 0.131 e. The lowest BCUT2D eigenvalue weighted by atomic mass is 10.2. The Hall–Kier alpha value is -0.510. The topological polar surface area (TPSA) is 21.1 Å². The molecular weight excluding hydrogens is 278 g/mol. The van der Waals surface area contributed by atoms with Gasteiger partial charge in [0, 0.05) is 30.5 Å². The fourth-order valence-corrected chi connectivity index (χ4v) is 3.24. The lowest BCUT2D eigenvalue weighted by Gasteiger charge is -2.25. The van der Waals surface area contributed by atoms with Crippen molar-refractivity contribution in [2.24, 2.45) is 13.0 Å². The molecule has 17 heavy (non-hydrogen) atoms. The average Bonchev–Trinajstić information content (AvgIpc) is 3.13. The highest BCUT2D eigenvalue weighted by Crippen LogP contribution is 2.39. The predicted octanol–water partition coefficient (Wildman–Crippen LogP) is 3.00. The summed E-state index contributed by atoms with van der Waals surface area (Å²) in [4.78, 5) is 2.62. The Morgan fingerprint density at radius 2 is 2.06 bits per heavy atom. The van der Waals surface area contributed by atoms with E-state index in [4.69, 9.17) is 0 Å². The van der Waals surface area contributed by atoms with Crippen LogP contribution < -0.4 is 4.90 Å². The quantitative estimate of drug-likeness (QED) is 0.779. The number of halogens is 1. The van der Waals surface area contributed by atoms with Crippen LogP contribution >= 0.6 is 15.9 Å². The lowest BCUT2D eigenvalue weighted by Crippen LogP contribution is -2.30. The van der Waals surface area contributed by atoms with Gasteiger partial charge in [0.15, 0.2) is 0 Å². The maximum absolute atomic E-state index is 4.59. The van der Waals surface area contributed by atoms with Crippen molar-refractivity contribution in [1.82, 2.24) is 9.78 Å². The largest absolute Gasteiger partial charge is 0.353 e. The van der Waals surface area contributed by atoms with E-state index in [1.54, 1.807) is 0 Å². The van der Waals surface area contributed by atoms with Gasteiger partial charge in [0.1, 0.15) is 5.82 Å². The standard InChI is InChI=1S/C13H20BrN3/c1-9-12(7-14)13(16(2)15-9)17(11-5-6-11)8-10-3-4-10/h10-11H,3-8H2,1-2H3. The second-order valence-electron chi connectivity index (χ2n) is 5.47. The molecule has 2 saturated carbocycles. The number of rotatable bonds is 5. The van der Waals surface area contributed by atoms with Gasteiger partial charge in [0.05, 0.1) is 5.69 Å². The molecule has 0 aliphatic heterocycles. The van der Waals surface area contributed by atoms with Gasteiger partial charge < -0.3 is 4.90 Å². The maximum Gasteiger partial charge on any atom is 0.131 e. The van der Waals surface area contributed by atoms with Gasteiger partial charge in [-0.25, -0.2) is 0 Å². The van der Waals surface area contributed by atoms with Crippen LogP contribution in [0.15, 0.2) is 0 Å². The summed E-state index contributed by atoms with van der Waals surface area (Å²) < 4.78 is 2.08. The van der Waals surface area contributed by atoms with Crippen LogP contribution in [-0.4, -0.2) is 22.4 Å². The zero-order valence-corrected chi connectivity index (χ0v) is 12.2. The molecule has 1 heterocycles. The predicted molar refractivity (Wildman–Crippen MR) is 73.7 cm³/mol. The molecule has 0 unspecified atom stereocenters. The molecular formula is C13H20BrN3. The first-order valence-electron chi connectivity index (χ1n) is 6.55. The van der Waals surface area contributed by atoms with Gasteiger partial charge in [0.25, 0.3) is 0 Å². The van der Waals surface area contributed by atoms with Gasteiger partial charge in [-0.1, -0.05) is 15.9 Å². The summed E-state index contributed by atoms with van der Waals surface area (Å²) >= 11 is 3.61. The molecule has 0 bridgehead atoms. The molecule has 0 spiro atoms. The molecule has 3 nitrogen and oxygen atoms in total. The highest BCUT2D eigenvalue weighted by Gasteiger charge is 2.36. The fraction of sp³-hybridized carbons (Fsp3) is 0.769. The Morgan fingerprint density at radius 3 is 2.59 bits per heavy atom. The number of hydrogen-bond acceptors (Lipinski definition) is 2. The molecule has 94 valence electrons. The van der Waals surface area contributed by atoms with Crippen molar-refractivity contribution in [3.05, 3.63) is 11.3 Å². The highest BCUT2D eigenvalue weighted by molar-refractivity contribution is 9.08. The van der Waals surface area contributed by atoms with Crippen LogP contribution in [0.1, 0.15) is 36.9 Å². The summed E-state index contributed by atoms with van der Waals surface area (Å²) in [7, 11) is 2.08. The second kappa shape index (κ2) is 4.30. The third-order valence-electron chi connectivity index (χ3n) is 3.86. The molecule has 0 N–H and O–H groups in total. The second-order valence-corrected chi connectivity index (χ2v) is 6.03. The van der Waals surface area contributed by atoms with Crippen LogP contribution in [0.25, 0.3) is 0 Å². The summed E-state index contributed by atoms with van der Waals surface area (Å²) in [6.45, 7) is 3.35. The van der Waals surface area contributed by atoms with Crippen LogP contribution in [0.2, 0.25) is 0 Å². The molecule has 2 aliphatic rings. The van der Waals surface area contributed by atoms with Crippen LogP contribution in [0, 0.1) is 12.8 Å². The van der Waals surface area contributed by atoms with Crippen LogP contribution in [0.4, 0.5) is 5.82 Å². The molecule has 0 aromatic carbocycles. The summed E-state index contributed by atoms with van der Waals surface area (Å²) in [5.74, 6) is 2.29. The van der Waals surface area contributed by atoms with E-state index in [2.05, 4.69) is 44.6 Å². The highest BCUT2D eigenvalue weighted by atomic mass is 79.9. The minimum Gasteiger partial charge on any atom is -0.353 e. The van der Waals surface area contributed by atoms with Crippen molar-refractivity contribution in [1.29, 1.82) is 0 Å². The Bertz CT molecular complexity index is 419. The Labute approximate surface area is 111 Å². The van der Waals surface area contributed by atoms with E-state index in [9.17, 15) is 0 Å². The first-order chi connectivity index (χ1) is 8.20. The Morgan fingerprint density at radius 1 is 1.35 bits per heavy atom. The molecule has 0 saturated heterocycles. The molecule has 3 rings (SSSR count). The van der Waals surface area contributed by atoms with E-state index in [0.717, 1.165) is 17.3 Å². The first-order valence-corrected chi connectivity index (χ1v) is 7.68. The van der Waals surface area contributed by atoms with Crippen LogP contribution in [-0.2, 0) is 12.4 Å². The number of aryl methyl sites for hydroxylation is 2. The third-order valence-corrected chi connectivity index (χ3v) is 4.42. The molecule has 0 radical (unpaired) electrons. The van der Waals surface area contributed by atoms with Crippen molar-refractivity contribution in [3.63, 3.8) is 0 Å². The van der Waals surface area contributed by atoms with E-state index in [1.807, 2.05) is 0 Å². The van der Waals surface area contributed by atoms with Crippen molar-refractivity contribution < 1.29 is 0 Å².